The lowest BCUT2D eigenvalue weighted by atomic mass is 9.79. The second-order valence-corrected chi connectivity index (χ2v) is 6.60. The Morgan fingerprint density at radius 1 is 1.05 bits per heavy atom. The van der Waals surface area contributed by atoms with Crippen molar-refractivity contribution in [2.45, 2.75) is 38.9 Å². The molecule has 1 aliphatic rings. The lowest BCUT2D eigenvalue weighted by molar-refractivity contribution is 0.00578. The van der Waals surface area contributed by atoms with Crippen molar-refractivity contribution in [2.24, 2.45) is 0 Å². The van der Waals surface area contributed by atoms with E-state index in [2.05, 4.69) is 0 Å². The molecule has 1 saturated heterocycles. The zero-order chi connectivity index (χ0) is 14.4. The van der Waals surface area contributed by atoms with Gasteiger partial charge in [0.05, 0.1) is 21.9 Å². The zero-order valence-electron chi connectivity index (χ0n) is 12.5. The highest BCUT2D eigenvalue weighted by atomic mass is 35.5. The van der Waals surface area contributed by atoms with Gasteiger partial charge in [-0.3, -0.25) is 0 Å². The lowest BCUT2D eigenvalue weighted by Crippen LogP contribution is -2.41. The Morgan fingerprint density at radius 3 is 2.00 bits per heavy atom. The average Bonchev–Trinajstić information content (AvgIpc) is 2.47. The van der Waals surface area contributed by atoms with Crippen LogP contribution in [0.4, 0.5) is 5.69 Å². The van der Waals surface area contributed by atoms with Crippen LogP contribution in [-0.4, -0.2) is 32.4 Å². The minimum absolute atomic E-state index is 0.329. The van der Waals surface area contributed by atoms with Crippen molar-refractivity contribution < 1.29 is 9.31 Å². The molecule has 1 aliphatic heterocycles. The van der Waals surface area contributed by atoms with Crippen molar-refractivity contribution in [3.63, 3.8) is 0 Å². The highest BCUT2D eigenvalue weighted by Gasteiger charge is 2.51. The summed E-state index contributed by atoms with van der Waals surface area (Å²) in [4.78, 5) is 1.98. The standard InChI is InChI=1S/C14H21BClNO2/c1-13(2)14(3,4)19-15(18-13)10-7-8-12(17(5)6)11(16)9-10/h7-9H,1-6H3. The second-order valence-electron chi connectivity index (χ2n) is 6.19. The molecule has 19 heavy (non-hydrogen) atoms. The Balaban J connectivity index is 2.28. The molecule has 0 aliphatic carbocycles. The third kappa shape index (κ3) is 2.62. The fraction of sp³-hybridized carbons (Fsp3) is 0.571. The third-order valence-corrected chi connectivity index (χ3v) is 4.28. The maximum Gasteiger partial charge on any atom is 0.494 e. The van der Waals surface area contributed by atoms with Gasteiger partial charge in [0.2, 0.25) is 0 Å². The Morgan fingerprint density at radius 2 is 1.58 bits per heavy atom. The van der Waals surface area contributed by atoms with Crippen LogP contribution in [0, 0.1) is 0 Å². The summed E-state index contributed by atoms with van der Waals surface area (Å²) in [6.07, 6.45) is 0. The number of anilines is 1. The van der Waals surface area contributed by atoms with E-state index in [4.69, 9.17) is 20.9 Å². The first-order chi connectivity index (χ1) is 8.64. The maximum absolute atomic E-state index is 6.29. The minimum Gasteiger partial charge on any atom is -0.399 e. The molecule has 0 amide bonds. The molecule has 1 aromatic rings. The van der Waals surface area contributed by atoms with Gasteiger partial charge in [-0.25, -0.2) is 0 Å². The van der Waals surface area contributed by atoms with E-state index in [-0.39, 0.29) is 18.3 Å². The Hall–Kier alpha value is -0.705. The zero-order valence-corrected chi connectivity index (χ0v) is 13.2. The van der Waals surface area contributed by atoms with E-state index in [1.165, 1.54) is 0 Å². The van der Waals surface area contributed by atoms with Gasteiger partial charge in [-0.2, -0.15) is 0 Å². The molecule has 0 N–H and O–H groups in total. The monoisotopic (exact) mass is 281 g/mol. The summed E-state index contributed by atoms with van der Waals surface area (Å²) >= 11 is 6.29. The molecular weight excluding hydrogens is 260 g/mol. The van der Waals surface area contributed by atoms with Crippen molar-refractivity contribution in [1.29, 1.82) is 0 Å². The fourth-order valence-electron chi connectivity index (χ4n) is 2.01. The largest absolute Gasteiger partial charge is 0.494 e. The van der Waals surface area contributed by atoms with Crippen LogP contribution in [-0.2, 0) is 9.31 Å². The summed E-state index contributed by atoms with van der Waals surface area (Å²) in [5.74, 6) is 0. The van der Waals surface area contributed by atoms with Crippen LogP contribution >= 0.6 is 11.6 Å². The summed E-state index contributed by atoms with van der Waals surface area (Å²) in [5, 5.41) is 0.706. The van der Waals surface area contributed by atoms with Crippen LogP contribution in [0.2, 0.25) is 5.02 Å². The predicted molar refractivity (Wildman–Crippen MR) is 81.5 cm³/mol. The van der Waals surface area contributed by atoms with Crippen LogP contribution in [0.3, 0.4) is 0 Å². The van der Waals surface area contributed by atoms with Gasteiger partial charge in [0, 0.05) is 14.1 Å². The van der Waals surface area contributed by atoms with Crippen molar-refractivity contribution in [3.8, 4) is 0 Å². The number of halogens is 1. The van der Waals surface area contributed by atoms with Gasteiger partial charge >= 0.3 is 7.12 Å². The van der Waals surface area contributed by atoms with Gasteiger partial charge in [-0.1, -0.05) is 17.7 Å². The van der Waals surface area contributed by atoms with E-state index in [0.29, 0.717) is 5.02 Å². The maximum atomic E-state index is 6.29. The molecule has 0 radical (unpaired) electrons. The van der Waals surface area contributed by atoms with E-state index in [0.717, 1.165) is 11.2 Å². The molecule has 1 heterocycles. The number of hydrogen-bond acceptors (Lipinski definition) is 3. The van der Waals surface area contributed by atoms with Crippen molar-refractivity contribution in [3.05, 3.63) is 23.2 Å². The predicted octanol–water partition coefficient (Wildman–Crippen LogP) is 2.71. The summed E-state index contributed by atoms with van der Waals surface area (Å²) in [5.41, 5.74) is 1.28. The summed E-state index contributed by atoms with van der Waals surface area (Å²) < 4.78 is 12.0. The van der Waals surface area contributed by atoms with Gasteiger partial charge in [0.1, 0.15) is 0 Å². The Labute approximate surface area is 121 Å². The molecule has 0 bridgehead atoms. The van der Waals surface area contributed by atoms with Crippen LogP contribution in [0.5, 0.6) is 0 Å². The van der Waals surface area contributed by atoms with Crippen LogP contribution in [0.25, 0.3) is 0 Å². The number of nitrogens with zero attached hydrogens (tertiary/aromatic N) is 1. The Bertz CT molecular complexity index is 472. The Kier molecular flexibility index (Phi) is 3.63. The van der Waals surface area contributed by atoms with Crippen LogP contribution in [0.1, 0.15) is 27.7 Å². The fourth-order valence-corrected chi connectivity index (χ4v) is 2.37. The molecule has 1 aromatic carbocycles. The SMILES string of the molecule is CN(C)c1ccc(B2OC(C)(C)C(C)(C)O2)cc1Cl. The van der Waals surface area contributed by atoms with E-state index in [1.54, 1.807) is 0 Å². The van der Waals surface area contributed by atoms with Gasteiger partial charge in [0.25, 0.3) is 0 Å². The van der Waals surface area contributed by atoms with Gasteiger partial charge in [-0.15, -0.1) is 0 Å². The highest BCUT2D eigenvalue weighted by Crippen LogP contribution is 2.36. The molecule has 0 saturated carbocycles. The summed E-state index contributed by atoms with van der Waals surface area (Å²) in [6.45, 7) is 8.18. The quantitative estimate of drug-likeness (QED) is 0.778. The molecule has 2 rings (SSSR count). The molecule has 0 unspecified atom stereocenters. The topological polar surface area (TPSA) is 21.7 Å². The van der Waals surface area contributed by atoms with E-state index >= 15 is 0 Å². The average molecular weight is 282 g/mol. The van der Waals surface area contributed by atoms with Crippen molar-refractivity contribution in [2.75, 3.05) is 19.0 Å². The van der Waals surface area contributed by atoms with Gasteiger partial charge < -0.3 is 14.2 Å². The first kappa shape index (κ1) is 14.7. The minimum atomic E-state index is -0.362. The normalized spacial score (nSPS) is 20.7. The second kappa shape index (κ2) is 4.69. The van der Waals surface area contributed by atoms with Crippen LogP contribution in [0.15, 0.2) is 18.2 Å². The molecule has 0 aromatic heterocycles. The molecule has 1 fully saturated rings. The molecule has 0 atom stereocenters. The molecular formula is C14H21BClNO2. The first-order valence-corrected chi connectivity index (χ1v) is 6.84. The third-order valence-electron chi connectivity index (χ3n) is 3.98. The van der Waals surface area contributed by atoms with E-state index in [9.17, 15) is 0 Å². The number of benzene rings is 1. The van der Waals surface area contributed by atoms with E-state index < -0.39 is 0 Å². The summed E-state index contributed by atoms with van der Waals surface area (Å²) in [6, 6.07) is 5.91. The molecule has 0 spiro atoms. The first-order valence-electron chi connectivity index (χ1n) is 6.46. The molecule has 104 valence electrons. The number of rotatable bonds is 2. The van der Waals surface area contributed by atoms with E-state index in [1.807, 2.05) is 64.9 Å². The lowest BCUT2D eigenvalue weighted by Gasteiger charge is -2.32. The number of hydrogen-bond donors (Lipinski definition) is 0. The highest BCUT2D eigenvalue weighted by molar-refractivity contribution is 6.62. The van der Waals surface area contributed by atoms with Crippen molar-refractivity contribution in [1.82, 2.24) is 0 Å². The van der Waals surface area contributed by atoms with Crippen molar-refractivity contribution >= 4 is 29.9 Å². The van der Waals surface area contributed by atoms with Gasteiger partial charge in [-0.05, 0) is 45.3 Å². The van der Waals surface area contributed by atoms with Gasteiger partial charge in [0.15, 0.2) is 0 Å². The smallest absolute Gasteiger partial charge is 0.399 e. The molecule has 3 nitrogen and oxygen atoms in total. The summed E-state index contributed by atoms with van der Waals surface area (Å²) in [7, 11) is 3.57. The molecule has 5 heteroatoms. The van der Waals surface area contributed by atoms with Crippen LogP contribution < -0.4 is 10.4 Å².